The van der Waals surface area contributed by atoms with E-state index in [4.69, 9.17) is 10.8 Å². The standard InChI is InChI=1S/C8H11FN2O/c1-5-2-3-6(9)8(11-5)7(10)4-12/h2-3,7,12H,4,10H2,1H3/t7-/m1/s1. The summed E-state index contributed by atoms with van der Waals surface area (Å²) >= 11 is 0. The topological polar surface area (TPSA) is 59.1 Å². The molecule has 0 aliphatic heterocycles. The first kappa shape index (κ1) is 9.09. The highest BCUT2D eigenvalue weighted by Crippen LogP contribution is 2.11. The number of nitrogens with zero attached hydrogens (tertiary/aromatic N) is 1. The van der Waals surface area contributed by atoms with Gasteiger partial charge in [0.2, 0.25) is 0 Å². The molecule has 1 heterocycles. The minimum Gasteiger partial charge on any atom is -0.394 e. The highest BCUT2D eigenvalue weighted by molar-refractivity contribution is 5.15. The lowest BCUT2D eigenvalue weighted by Gasteiger charge is -2.08. The number of hydrogen-bond donors (Lipinski definition) is 2. The molecule has 0 radical (unpaired) electrons. The summed E-state index contributed by atoms with van der Waals surface area (Å²) in [7, 11) is 0. The molecule has 3 nitrogen and oxygen atoms in total. The van der Waals surface area contributed by atoms with E-state index in [9.17, 15) is 4.39 Å². The van der Waals surface area contributed by atoms with E-state index in [2.05, 4.69) is 4.98 Å². The van der Waals surface area contributed by atoms with Gasteiger partial charge in [-0.1, -0.05) is 0 Å². The van der Waals surface area contributed by atoms with E-state index in [0.717, 1.165) is 0 Å². The van der Waals surface area contributed by atoms with Crippen molar-refractivity contribution in [1.82, 2.24) is 4.98 Å². The van der Waals surface area contributed by atoms with Crippen molar-refractivity contribution in [3.8, 4) is 0 Å². The molecule has 0 aliphatic carbocycles. The van der Waals surface area contributed by atoms with Crippen LogP contribution >= 0.6 is 0 Å². The van der Waals surface area contributed by atoms with Crippen molar-refractivity contribution >= 4 is 0 Å². The zero-order valence-electron chi connectivity index (χ0n) is 6.79. The number of pyridine rings is 1. The summed E-state index contributed by atoms with van der Waals surface area (Å²) in [4.78, 5) is 3.88. The Morgan fingerprint density at radius 2 is 2.33 bits per heavy atom. The van der Waals surface area contributed by atoms with Crippen LogP contribution in [0.3, 0.4) is 0 Å². The molecule has 66 valence electrons. The Hall–Kier alpha value is -1.00. The lowest BCUT2D eigenvalue weighted by atomic mass is 10.2. The second kappa shape index (κ2) is 3.60. The fraction of sp³-hybridized carbons (Fsp3) is 0.375. The molecule has 0 aliphatic rings. The van der Waals surface area contributed by atoms with E-state index in [0.29, 0.717) is 5.69 Å². The van der Waals surface area contributed by atoms with Gasteiger partial charge in [-0.05, 0) is 19.1 Å². The van der Waals surface area contributed by atoms with Gasteiger partial charge in [-0.25, -0.2) is 4.39 Å². The molecule has 0 bridgehead atoms. The lowest BCUT2D eigenvalue weighted by molar-refractivity contribution is 0.262. The number of halogens is 1. The van der Waals surface area contributed by atoms with Crippen LogP contribution in [0.4, 0.5) is 4.39 Å². The molecule has 1 rings (SSSR count). The summed E-state index contributed by atoms with van der Waals surface area (Å²) in [6.45, 7) is 1.44. The van der Waals surface area contributed by atoms with Gasteiger partial charge in [-0.3, -0.25) is 4.98 Å². The highest BCUT2D eigenvalue weighted by atomic mass is 19.1. The molecule has 0 saturated heterocycles. The molecule has 0 amide bonds. The predicted octanol–water partition coefficient (Wildman–Crippen LogP) is 0.521. The molecule has 0 saturated carbocycles. The third-order valence-electron chi connectivity index (χ3n) is 1.56. The second-order valence-electron chi connectivity index (χ2n) is 2.61. The van der Waals surface area contributed by atoms with Crippen LogP contribution in [0.15, 0.2) is 12.1 Å². The normalized spacial score (nSPS) is 13.0. The van der Waals surface area contributed by atoms with E-state index < -0.39 is 11.9 Å². The van der Waals surface area contributed by atoms with E-state index in [1.807, 2.05) is 0 Å². The molecule has 0 unspecified atom stereocenters. The first-order valence-electron chi connectivity index (χ1n) is 3.64. The molecule has 1 aromatic heterocycles. The largest absolute Gasteiger partial charge is 0.394 e. The molecule has 1 atom stereocenters. The average Bonchev–Trinajstić information content (AvgIpc) is 2.08. The molecule has 0 aromatic carbocycles. The lowest BCUT2D eigenvalue weighted by Crippen LogP contribution is -2.18. The summed E-state index contributed by atoms with van der Waals surface area (Å²) in [5.41, 5.74) is 6.22. The molecule has 1 aromatic rings. The fourth-order valence-electron chi connectivity index (χ4n) is 0.906. The van der Waals surface area contributed by atoms with Gasteiger partial charge in [0.25, 0.3) is 0 Å². The zero-order chi connectivity index (χ0) is 9.14. The van der Waals surface area contributed by atoms with E-state index in [-0.39, 0.29) is 12.3 Å². The van der Waals surface area contributed by atoms with Crippen LogP contribution < -0.4 is 5.73 Å². The predicted molar refractivity (Wildman–Crippen MR) is 42.9 cm³/mol. The van der Waals surface area contributed by atoms with Crippen LogP contribution in [0, 0.1) is 12.7 Å². The zero-order valence-corrected chi connectivity index (χ0v) is 6.79. The van der Waals surface area contributed by atoms with Crippen molar-refractivity contribution in [3.63, 3.8) is 0 Å². The van der Waals surface area contributed by atoms with Crippen molar-refractivity contribution in [2.75, 3.05) is 6.61 Å². The van der Waals surface area contributed by atoms with Crippen LogP contribution in [0.1, 0.15) is 17.4 Å². The van der Waals surface area contributed by atoms with Crippen molar-refractivity contribution in [3.05, 3.63) is 29.3 Å². The number of aliphatic hydroxyl groups is 1. The van der Waals surface area contributed by atoms with Gasteiger partial charge in [0.05, 0.1) is 18.3 Å². The van der Waals surface area contributed by atoms with Gasteiger partial charge >= 0.3 is 0 Å². The number of nitrogens with two attached hydrogens (primary N) is 1. The van der Waals surface area contributed by atoms with Crippen molar-refractivity contribution in [2.45, 2.75) is 13.0 Å². The van der Waals surface area contributed by atoms with Gasteiger partial charge in [-0.15, -0.1) is 0 Å². The number of aromatic nitrogens is 1. The summed E-state index contributed by atoms with van der Waals surface area (Å²) in [6.07, 6.45) is 0. The summed E-state index contributed by atoms with van der Waals surface area (Å²) in [6, 6.07) is 2.13. The summed E-state index contributed by atoms with van der Waals surface area (Å²) < 4.78 is 13.0. The van der Waals surface area contributed by atoms with Crippen LogP contribution in [0.2, 0.25) is 0 Å². The van der Waals surface area contributed by atoms with Crippen molar-refractivity contribution < 1.29 is 9.50 Å². The Bertz CT molecular complexity index is 278. The molecule has 4 heteroatoms. The highest BCUT2D eigenvalue weighted by Gasteiger charge is 2.11. The Morgan fingerprint density at radius 1 is 1.67 bits per heavy atom. The van der Waals surface area contributed by atoms with Crippen molar-refractivity contribution in [1.29, 1.82) is 0 Å². The van der Waals surface area contributed by atoms with Gasteiger partial charge in [0.15, 0.2) is 0 Å². The Balaban J connectivity index is 3.04. The van der Waals surface area contributed by atoms with E-state index in [1.165, 1.54) is 6.07 Å². The number of aryl methyl sites for hydroxylation is 1. The maximum absolute atomic E-state index is 13.0. The molecule has 0 spiro atoms. The Labute approximate surface area is 70.0 Å². The third kappa shape index (κ3) is 1.78. The first-order chi connectivity index (χ1) is 5.65. The third-order valence-corrected chi connectivity index (χ3v) is 1.56. The van der Waals surface area contributed by atoms with Gasteiger partial charge in [0, 0.05) is 5.69 Å². The maximum atomic E-state index is 13.0. The van der Waals surface area contributed by atoms with Gasteiger partial charge in [-0.2, -0.15) is 0 Å². The van der Waals surface area contributed by atoms with Crippen LogP contribution in [-0.4, -0.2) is 16.7 Å². The number of aliphatic hydroxyl groups excluding tert-OH is 1. The first-order valence-corrected chi connectivity index (χ1v) is 3.64. The minimum atomic E-state index is -0.732. The van der Waals surface area contributed by atoms with Gasteiger partial charge in [0.1, 0.15) is 5.82 Å². The van der Waals surface area contributed by atoms with E-state index in [1.54, 1.807) is 13.0 Å². The monoisotopic (exact) mass is 170 g/mol. The van der Waals surface area contributed by atoms with Crippen molar-refractivity contribution in [2.24, 2.45) is 5.73 Å². The molecule has 3 N–H and O–H groups in total. The van der Waals surface area contributed by atoms with E-state index >= 15 is 0 Å². The summed E-state index contributed by atoms with van der Waals surface area (Å²) in [5, 5.41) is 8.67. The second-order valence-corrected chi connectivity index (χ2v) is 2.61. The molecular weight excluding hydrogens is 159 g/mol. The minimum absolute atomic E-state index is 0.123. The molecule has 0 fully saturated rings. The molecule has 12 heavy (non-hydrogen) atoms. The van der Waals surface area contributed by atoms with Gasteiger partial charge < -0.3 is 10.8 Å². The average molecular weight is 170 g/mol. The fourth-order valence-corrected chi connectivity index (χ4v) is 0.906. The number of hydrogen-bond acceptors (Lipinski definition) is 3. The van der Waals surface area contributed by atoms with Crippen LogP contribution in [0.25, 0.3) is 0 Å². The number of rotatable bonds is 2. The van der Waals surface area contributed by atoms with Crippen LogP contribution in [-0.2, 0) is 0 Å². The van der Waals surface area contributed by atoms with Crippen LogP contribution in [0.5, 0.6) is 0 Å². The molecular formula is C8H11FN2O. The smallest absolute Gasteiger partial charge is 0.146 e. The summed E-state index contributed by atoms with van der Waals surface area (Å²) in [5.74, 6) is -0.470. The quantitative estimate of drug-likeness (QED) is 0.680. The Kier molecular flexibility index (Phi) is 2.73. The maximum Gasteiger partial charge on any atom is 0.146 e. The SMILES string of the molecule is Cc1ccc(F)c([C@H](N)CO)n1. The Morgan fingerprint density at radius 3 is 2.92 bits per heavy atom.